The molecule has 1 aromatic carbocycles. The number of rotatable bonds is 2. The van der Waals surface area contributed by atoms with Gasteiger partial charge in [0.1, 0.15) is 12.5 Å². The summed E-state index contributed by atoms with van der Waals surface area (Å²) in [6.07, 6.45) is 0. The summed E-state index contributed by atoms with van der Waals surface area (Å²) in [5.74, 6) is -0.400. The number of alkyl halides is 1. The molecule has 0 saturated heterocycles. The fourth-order valence-electron chi connectivity index (χ4n) is 1.04. The van der Waals surface area contributed by atoms with Crippen LogP contribution < -0.4 is 5.73 Å². The zero-order valence-electron chi connectivity index (χ0n) is 6.85. The third kappa shape index (κ3) is 1.61. The molecule has 0 saturated carbocycles. The molecule has 1 aromatic rings. The fourth-order valence-corrected chi connectivity index (χ4v) is 1.04. The molecule has 0 amide bonds. The van der Waals surface area contributed by atoms with Crippen LogP contribution in [-0.2, 0) is 0 Å². The molecule has 0 aromatic heterocycles. The summed E-state index contributed by atoms with van der Waals surface area (Å²) in [4.78, 5) is 0. The second kappa shape index (κ2) is 3.63. The van der Waals surface area contributed by atoms with Crippen LogP contribution in [0.25, 0.3) is 0 Å². The van der Waals surface area contributed by atoms with Gasteiger partial charge in [0.2, 0.25) is 0 Å². The van der Waals surface area contributed by atoms with Crippen LogP contribution in [0.4, 0.5) is 8.78 Å². The van der Waals surface area contributed by atoms with Gasteiger partial charge in [0.25, 0.3) is 0 Å². The molecule has 0 aliphatic rings. The first-order valence-electron chi connectivity index (χ1n) is 3.73. The Hall–Kier alpha value is -0.960. The van der Waals surface area contributed by atoms with Gasteiger partial charge in [0.15, 0.2) is 0 Å². The van der Waals surface area contributed by atoms with Crippen LogP contribution in [-0.4, -0.2) is 6.67 Å². The lowest BCUT2D eigenvalue weighted by atomic mass is 10.1. The van der Waals surface area contributed by atoms with E-state index in [4.69, 9.17) is 5.73 Å². The lowest BCUT2D eigenvalue weighted by molar-refractivity contribution is 0.426. The Kier molecular flexibility index (Phi) is 2.76. The Balaban J connectivity index is 3.07. The van der Waals surface area contributed by atoms with E-state index in [0.29, 0.717) is 5.56 Å². The van der Waals surface area contributed by atoms with Gasteiger partial charge in [-0.1, -0.05) is 18.2 Å². The van der Waals surface area contributed by atoms with Crippen molar-refractivity contribution in [2.75, 3.05) is 6.67 Å². The molecular weight excluding hydrogens is 160 g/mol. The second-order valence-electron chi connectivity index (χ2n) is 2.74. The van der Waals surface area contributed by atoms with E-state index >= 15 is 0 Å². The maximum absolute atomic E-state index is 13.2. The van der Waals surface area contributed by atoms with E-state index in [2.05, 4.69) is 0 Å². The van der Waals surface area contributed by atoms with Crippen molar-refractivity contribution in [2.45, 2.75) is 13.0 Å². The van der Waals surface area contributed by atoms with Gasteiger partial charge < -0.3 is 5.73 Å². The van der Waals surface area contributed by atoms with Crippen molar-refractivity contribution in [1.29, 1.82) is 0 Å². The number of aryl methyl sites for hydroxylation is 1. The van der Waals surface area contributed by atoms with Crippen molar-refractivity contribution in [2.24, 2.45) is 5.73 Å². The van der Waals surface area contributed by atoms with Crippen LogP contribution in [0.1, 0.15) is 17.2 Å². The Morgan fingerprint density at radius 2 is 2.17 bits per heavy atom. The Bertz CT molecular complexity index is 273. The molecule has 1 atom stereocenters. The van der Waals surface area contributed by atoms with Gasteiger partial charge in [-0.3, -0.25) is 0 Å². The van der Waals surface area contributed by atoms with Crippen molar-refractivity contribution in [3.05, 3.63) is 35.1 Å². The Morgan fingerprint density at radius 3 is 2.75 bits per heavy atom. The highest BCUT2D eigenvalue weighted by atomic mass is 19.1. The van der Waals surface area contributed by atoms with Gasteiger partial charge in [0, 0.05) is 5.56 Å². The molecular formula is C9H11F2N. The van der Waals surface area contributed by atoms with Crippen LogP contribution in [0.5, 0.6) is 0 Å². The topological polar surface area (TPSA) is 26.0 Å². The van der Waals surface area contributed by atoms with Gasteiger partial charge in [0.05, 0.1) is 6.04 Å². The second-order valence-corrected chi connectivity index (χ2v) is 2.74. The molecule has 1 nitrogen and oxygen atoms in total. The minimum absolute atomic E-state index is 0.248. The third-order valence-electron chi connectivity index (χ3n) is 1.79. The van der Waals surface area contributed by atoms with Crippen LogP contribution in [0.15, 0.2) is 18.2 Å². The smallest absolute Gasteiger partial charge is 0.130 e. The minimum atomic E-state index is -0.843. The van der Waals surface area contributed by atoms with E-state index in [1.54, 1.807) is 19.1 Å². The first-order valence-corrected chi connectivity index (χ1v) is 3.73. The number of hydrogen-bond donors (Lipinski definition) is 1. The van der Waals surface area contributed by atoms with Gasteiger partial charge in [-0.15, -0.1) is 0 Å². The van der Waals surface area contributed by atoms with E-state index in [9.17, 15) is 8.78 Å². The monoisotopic (exact) mass is 171 g/mol. The molecule has 2 N–H and O–H groups in total. The van der Waals surface area contributed by atoms with Crippen LogP contribution >= 0.6 is 0 Å². The standard InChI is InChI=1S/C9H11F2N/c1-6-3-2-4-7(9(6)11)8(12)5-10/h2-4,8H,5,12H2,1H3/t8-/m1/s1. The van der Waals surface area contributed by atoms with E-state index < -0.39 is 18.5 Å². The highest BCUT2D eigenvalue weighted by Crippen LogP contribution is 2.17. The summed E-state index contributed by atoms with van der Waals surface area (Å²) in [6.45, 7) is 0.893. The molecule has 0 bridgehead atoms. The predicted molar refractivity (Wildman–Crippen MR) is 44.0 cm³/mol. The average molecular weight is 171 g/mol. The molecule has 1 rings (SSSR count). The minimum Gasteiger partial charge on any atom is -0.322 e. The molecule has 0 heterocycles. The van der Waals surface area contributed by atoms with Crippen molar-refractivity contribution in [3.8, 4) is 0 Å². The number of nitrogens with two attached hydrogens (primary N) is 1. The maximum Gasteiger partial charge on any atom is 0.130 e. The third-order valence-corrected chi connectivity index (χ3v) is 1.79. The predicted octanol–water partition coefficient (Wildman–Crippen LogP) is 2.10. The summed E-state index contributed by atoms with van der Waals surface area (Å²) < 4.78 is 25.3. The quantitative estimate of drug-likeness (QED) is 0.724. The SMILES string of the molecule is Cc1cccc([C@H](N)CF)c1F. The molecule has 0 aliphatic heterocycles. The fraction of sp³-hybridized carbons (Fsp3) is 0.333. The zero-order valence-corrected chi connectivity index (χ0v) is 6.85. The van der Waals surface area contributed by atoms with E-state index in [-0.39, 0.29) is 5.56 Å². The first kappa shape index (κ1) is 9.13. The number of benzene rings is 1. The van der Waals surface area contributed by atoms with E-state index in [1.165, 1.54) is 6.07 Å². The average Bonchev–Trinajstić information content (AvgIpc) is 2.08. The van der Waals surface area contributed by atoms with E-state index in [0.717, 1.165) is 0 Å². The highest BCUT2D eigenvalue weighted by molar-refractivity contribution is 5.27. The van der Waals surface area contributed by atoms with Crippen LogP contribution in [0.2, 0.25) is 0 Å². The van der Waals surface area contributed by atoms with Gasteiger partial charge in [-0.25, -0.2) is 8.78 Å². The molecule has 0 spiro atoms. The lowest BCUT2D eigenvalue weighted by Crippen LogP contribution is -2.14. The zero-order chi connectivity index (χ0) is 9.14. The number of hydrogen-bond acceptors (Lipinski definition) is 1. The summed E-state index contributed by atoms with van der Waals surface area (Å²) in [6, 6.07) is 3.96. The van der Waals surface area contributed by atoms with E-state index in [1.807, 2.05) is 0 Å². The summed E-state index contributed by atoms with van der Waals surface area (Å²) >= 11 is 0. The molecule has 0 unspecified atom stereocenters. The maximum atomic E-state index is 13.2. The molecule has 12 heavy (non-hydrogen) atoms. The van der Waals surface area contributed by atoms with Crippen molar-refractivity contribution >= 4 is 0 Å². The molecule has 3 heteroatoms. The van der Waals surface area contributed by atoms with Gasteiger partial charge in [-0.2, -0.15) is 0 Å². The summed E-state index contributed by atoms with van der Waals surface area (Å²) in [5.41, 5.74) is 6.09. The largest absolute Gasteiger partial charge is 0.322 e. The normalized spacial score (nSPS) is 13.0. The van der Waals surface area contributed by atoms with Crippen molar-refractivity contribution in [3.63, 3.8) is 0 Å². The van der Waals surface area contributed by atoms with Crippen molar-refractivity contribution < 1.29 is 8.78 Å². The number of halogens is 2. The van der Waals surface area contributed by atoms with Crippen molar-refractivity contribution in [1.82, 2.24) is 0 Å². The Morgan fingerprint density at radius 1 is 1.50 bits per heavy atom. The molecule has 0 aliphatic carbocycles. The molecule has 66 valence electrons. The molecule has 0 fully saturated rings. The highest BCUT2D eigenvalue weighted by Gasteiger charge is 2.11. The molecule has 0 radical (unpaired) electrons. The summed E-state index contributed by atoms with van der Waals surface area (Å²) in [7, 11) is 0. The van der Waals surface area contributed by atoms with Gasteiger partial charge in [-0.05, 0) is 12.5 Å². The van der Waals surface area contributed by atoms with Gasteiger partial charge >= 0.3 is 0 Å². The first-order chi connectivity index (χ1) is 5.66. The Labute approximate surface area is 70.2 Å². The van der Waals surface area contributed by atoms with Crippen LogP contribution in [0.3, 0.4) is 0 Å². The summed E-state index contributed by atoms with van der Waals surface area (Å²) in [5, 5.41) is 0. The van der Waals surface area contributed by atoms with Crippen LogP contribution in [0, 0.1) is 12.7 Å². The lowest BCUT2D eigenvalue weighted by Gasteiger charge is -2.09.